The first-order chi connectivity index (χ1) is 24.1. The van der Waals surface area contributed by atoms with Crippen molar-refractivity contribution in [1.29, 1.82) is 0 Å². The first-order valence-electron chi connectivity index (χ1n) is 16.0. The molecule has 0 unspecified atom stereocenters. The third-order valence-electron chi connectivity index (χ3n) is 9.17. The highest BCUT2D eigenvalue weighted by Gasteiger charge is 2.53. The highest BCUT2D eigenvalue weighted by molar-refractivity contribution is 6.08. The molecule has 2 fully saturated rings. The maximum absolute atomic E-state index is 14.0. The van der Waals surface area contributed by atoms with Crippen LogP contribution in [0.4, 0.5) is 17.1 Å². The lowest BCUT2D eigenvalue weighted by molar-refractivity contribution is -0.274. The molecular formula is C33H41N3O15. The SMILES string of the molecule is C[C@@H](/C=C/CCO)[C@]1(O)C(=O)N(Cc2ccc(NC(=O)[C@H]3O[C@@H](O)[C@H](O)[C@@H](O)[C@@H]3O)cc2)c2ccc(NC(=O)[C@H]3O[C@@H](O)[C@H](O)[C@@H](O)[C@@H]3O)cc21. The van der Waals surface area contributed by atoms with Crippen molar-refractivity contribution in [2.45, 2.75) is 86.9 Å². The zero-order valence-electron chi connectivity index (χ0n) is 27.1. The molecule has 12 N–H and O–H groups in total. The summed E-state index contributed by atoms with van der Waals surface area (Å²) in [5, 5.41) is 105. The zero-order valence-corrected chi connectivity index (χ0v) is 27.1. The van der Waals surface area contributed by atoms with Gasteiger partial charge in [0, 0.05) is 29.5 Å². The van der Waals surface area contributed by atoms with Gasteiger partial charge in [0.25, 0.3) is 17.7 Å². The fourth-order valence-electron chi connectivity index (χ4n) is 6.15. The Hall–Kier alpha value is -3.89. The van der Waals surface area contributed by atoms with Gasteiger partial charge in [-0.1, -0.05) is 31.2 Å². The van der Waals surface area contributed by atoms with E-state index < -0.39 is 90.7 Å². The predicted octanol–water partition coefficient (Wildman–Crippen LogP) is -3.53. The molecule has 51 heavy (non-hydrogen) atoms. The van der Waals surface area contributed by atoms with E-state index in [-0.39, 0.29) is 42.2 Å². The summed E-state index contributed by atoms with van der Waals surface area (Å²) in [5.41, 5.74) is -0.933. The fourth-order valence-corrected chi connectivity index (χ4v) is 6.15. The summed E-state index contributed by atoms with van der Waals surface area (Å²) < 4.78 is 9.94. The number of hydrogen-bond donors (Lipinski definition) is 12. The number of amides is 3. The Balaban J connectivity index is 1.36. The molecule has 3 amide bonds. The average molecular weight is 720 g/mol. The highest BCUT2D eigenvalue weighted by atomic mass is 16.6. The molecule has 12 atom stereocenters. The molecular weight excluding hydrogens is 678 g/mol. The van der Waals surface area contributed by atoms with E-state index in [0.29, 0.717) is 5.56 Å². The second-order valence-corrected chi connectivity index (χ2v) is 12.6. The number of nitrogens with zero attached hydrogens (tertiary/aromatic N) is 1. The van der Waals surface area contributed by atoms with Crippen LogP contribution in [0.2, 0.25) is 0 Å². The van der Waals surface area contributed by atoms with Crippen LogP contribution >= 0.6 is 0 Å². The normalized spacial score (nSPS) is 34.3. The van der Waals surface area contributed by atoms with Crippen molar-refractivity contribution >= 4 is 34.8 Å². The minimum atomic E-state index is -2.16. The number of benzene rings is 2. The largest absolute Gasteiger partial charge is 0.396 e. The molecule has 3 heterocycles. The number of ether oxygens (including phenoxy) is 2. The molecule has 0 saturated carbocycles. The minimum Gasteiger partial charge on any atom is -0.396 e. The number of nitrogens with one attached hydrogen (secondary N) is 2. The predicted molar refractivity (Wildman–Crippen MR) is 173 cm³/mol. The van der Waals surface area contributed by atoms with E-state index in [1.54, 1.807) is 31.2 Å². The Labute approximate surface area is 290 Å². The van der Waals surface area contributed by atoms with Crippen LogP contribution < -0.4 is 15.5 Å². The maximum atomic E-state index is 14.0. The Morgan fingerprint density at radius 1 is 0.804 bits per heavy atom. The summed E-state index contributed by atoms with van der Waals surface area (Å²) >= 11 is 0. The van der Waals surface area contributed by atoms with Crippen molar-refractivity contribution in [3.05, 3.63) is 65.7 Å². The van der Waals surface area contributed by atoms with Crippen LogP contribution in [0.3, 0.4) is 0 Å². The summed E-state index contributed by atoms with van der Waals surface area (Å²) in [6.07, 6.45) is -15.0. The van der Waals surface area contributed by atoms with E-state index in [4.69, 9.17) is 9.47 Å². The number of hydrogen-bond acceptors (Lipinski definition) is 15. The molecule has 3 aliphatic rings. The summed E-state index contributed by atoms with van der Waals surface area (Å²) in [4.78, 5) is 41.0. The van der Waals surface area contributed by atoms with Gasteiger partial charge >= 0.3 is 0 Å². The number of carbonyl (C=O) groups is 3. The van der Waals surface area contributed by atoms with Crippen molar-refractivity contribution in [2.24, 2.45) is 5.92 Å². The van der Waals surface area contributed by atoms with Crippen LogP contribution in [0, 0.1) is 5.92 Å². The van der Waals surface area contributed by atoms with E-state index in [2.05, 4.69) is 10.6 Å². The third kappa shape index (κ3) is 7.40. The van der Waals surface area contributed by atoms with Crippen LogP contribution in [0.15, 0.2) is 54.6 Å². The second kappa shape index (κ2) is 15.4. The summed E-state index contributed by atoms with van der Waals surface area (Å²) in [6, 6.07) is 10.3. The molecule has 5 rings (SSSR count). The molecule has 2 saturated heterocycles. The molecule has 2 aromatic carbocycles. The van der Waals surface area contributed by atoms with Gasteiger partial charge in [0.1, 0.15) is 36.6 Å². The lowest BCUT2D eigenvalue weighted by atomic mass is 9.82. The first-order valence-corrected chi connectivity index (χ1v) is 16.0. The molecule has 0 bridgehead atoms. The van der Waals surface area contributed by atoms with E-state index >= 15 is 0 Å². The molecule has 278 valence electrons. The highest BCUT2D eigenvalue weighted by Crippen LogP contribution is 2.47. The molecule has 2 aromatic rings. The molecule has 18 nitrogen and oxygen atoms in total. The summed E-state index contributed by atoms with van der Waals surface area (Å²) in [7, 11) is 0. The first kappa shape index (κ1) is 38.3. The number of fused-ring (bicyclic) bond motifs is 1. The van der Waals surface area contributed by atoms with Gasteiger partial charge in [-0.3, -0.25) is 14.4 Å². The van der Waals surface area contributed by atoms with Crippen LogP contribution in [-0.4, -0.2) is 137 Å². The number of anilines is 3. The van der Waals surface area contributed by atoms with Crippen LogP contribution in [0.25, 0.3) is 0 Å². The Morgan fingerprint density at radius 2 is 1.31 bits per heavy atom. The van der Waals surface area contributed by atoms with Gasteiger partial charge in [0.15, 0.2) is 30.4 Å². The van der Waals surface area contributed by atoms with Crippen LogP contribution in [0.1, 0.15) is 24.5 Å². The Bertz CT molecular complexity index is 1620. The maximum Gasteiger partial charge on any atom is 0.264 e. The number of carbonyl (C=O) groups excluding carboxylic acids is 3. The monoisotopic (exact) mass is 719 g/mol. The van der Waals surface area contributed by atoms with E-state index in [9.17, 15) is 65.4 Å². The zero-order chi connectivity index (χ0) is 37.4. The minimum absolute atomic E-state index is 0.0611. The molecule has 0 aromatic heterocycles. The van der Waals surface area contributed by atoms with Gasteiger partial charge in [0.2, 0.25) is 0 Å². The molecule has 3 aliphatic heterocycles. The van der Waals surface area contributed by atoms with Crippen LogP contribution in [0.5, 0.6) is 0 Å². The molecule has 0 aliphatic carbocycles. The van der Waals surface area contributed by atoms with Crippen LogP contribution in [-0.2, 0) is 36.0 Å². The smallest absolute Gasteiger partial charge is 0.264 e. The van der Waals surface area contributed by atoms with Gasteiger partial charge in [0.05, 0.1) is 12.2 Å². The van der Waals surface area contributed by atoms with Crippen molar-refractivity contribution in [3.8, 4) is 0 Å². The van der Waals surface area contributed by atoms with E-state index in [1.807, 2.05) is 0 Å². The molecule has 0 spiro atoms. The molecule has 0 radical (unpaired) electrons. The molecule has 18 heteroatoms. The Kier molecular flexibility index (Phi) is 11.6. The quantitative estimate of drug-likeness (QED) is 0.106. The van der Waals surface area contributed by atoms with Gasteiger partial charge in [-0.15, -0.1) is 0 Å². The lowest BCUT2D eigenvalue weighted by Gasteiger charge is -2.37. The number of aliphatic hydroxyl groups is 10. The van der Waals surface area contributed by atoms with Crippen molar-refractivity contribution in [1.82, 2.24) is 0 Å². The summed E-state index contributed by atoms with van der Waals surface area (Å²) in [5.74, 6) is -3.45. The van der Waals surface area contributed by atoms with Gasteiger partial charge in [-0.25, -0.2) is 0 Å². The van der Waals surface area contributed by atoms with Gasteiger partial charge < -0.3 is 76.1 Å². The van der Waals surface area contributed by atoms with E-state index in [1.165, 1.54) is 35.2 Å². The second-order valence-electron chi connectivity index (χ2n) is 12.6. The topological polar surface area (TPSA) is 299 Å². The standard InChI is InChI=1S/C33H41N3O15/c1-14(4-2-3-11-37)33(49)18-12-17(35-29(45)27-23(41)21(39)25(43)31(47)51-27)9-10-19(18)36(32(33)48)13-15-5-7-16(8-6-15)34-28(44)26-22(40)20(38)24(42)30(46)50-26/h2,4-10,12,14,20-27,30-31,37-43,46-47,49H,3,11,13H2,1H3,(H,34,44)(H,35,45)/b4-2+/t14-,20-,21-,22-,23-,24+,25+,26-,27-,30+,31+,33+/m0/s1. The van der Waals surface area contributed by atoms with E-state index in [0.717, 1.165) is 0 Å². The van der Waals surface area contributed by atoms with Crippen molar-refractivity contribution < 1.29 is 74.9 Å². The Morgan fingerprint density at radius 3 is 1.84 bits per heavy atom. The van der Waals surface area contributed by atoms with Gasteiger partial charge in [-0.2, -0.15) is 0 Å². The number of rotatable bonds is 10. The third-order valence-corrected chi connectivity index (χ3v) is 9.17. The van der Waals surface area contributed by atoms with Crippen molar-refractivity contribution in [2.75, 3.05) is 22.1 Å². The van der Waals surface area contributed by atoms with Gasteiger partial charge in [-0.05, 0) is 42.3 Å². The summed E-state index contributed by atoms with van der Waals surface area (Å²) in [6.45, 7) is 1.36. The fraction of sp³-hybridized carbons (Fsp3) is 0.485. The lowest BCUT2D eigenvalue weighted by Crippen LogP contribution is -2.60. The average Bonchev–Trinajstić information content (AvgIpc) is 3.32. The van der Waals surface area contributed by atoms with Crippen molar-refractivity contribution in [3.63, 3.8) is 0 Å². The number of aliphatic hydroxyl groups excluding tert-OH is 9.